The van der Waals surface area contributed by atoms with E-state index in [2.05, 4.69) is 0 Å². The summed E-state index contributed by atoms with van der Waals surface area (Å²) in [5, 5.41) is 0. The van der Waals surface area contributed by atoms with Crippen LogP contribution in [0.2, 0.25) is 0 Å². The molecule has 4 nitrogen and oxygen atoms in total. The normalized spacial score (nSPS) is 11.0. The highest BCUT2D eigenvalue weighted by atomic mass is 19.1. The van der Waals surface area contributed by atoms with E-state index in [-0.39, 0.29) is 23.7 Å². The third-order valence-electron chi connectivity index (χ3n) is 2.10. The summed E-state index contributed by atoms with van der Waals surface area (Å²) in [7, 11) is 0. The number of esters is 1. The predicted octanol–water partition coefficient (Wildman–Crippen LogP) is 2.75. The van der Waals surface area contributed by atoms with Crippen LogP contribution >= 0.6 is 0 Å². The highest BCUT2D eigenvalue weighted by molar-refractivity contribution is 5.94. The van der Waals surface area contributed by atoms with Gasteiger partial charge in [0.1, 0.15) is 17.2 Å². The van der Waals surface area contributed by atoms with Gasteiger partial charge in [-0.2, -0.15) is 0 Å². The number of Topliss-reactive ketones (excluding diaryl/α,β-unsaturated/α-hetero) is 1. The minimum Gasteiger partial charge on any atom is -0.482 e. The smallest absolute Gasteiger partial charge is 0.344 e. The van der Waals surface area contributed by atoms with E-state index in [9.17, 15) is 14.0 Å². The molecule has 0 saturated heterocycles. The van der Waals surface area contributed by atoms with Gasteiger partial charge in [-0.3, -0.25) is 4.79 Å². The number of carbonyl (C=O) groups is 2. The zero-order valence-corrected chi connectivity index (χ0v) is 11.5. The van der Waals surface area contributed by atoms with E-state index in [0.29, 0.717) is 0 Å². The number of benzene rings is 1. The molecule has 0 fully saturated rings. The molecule has 0 aromatic heterocycles. The first-order valence-electron chi connectivity index (χ1n) is 5.84. The standard InChI is InChI=1S/C14H17FO4/c1-9(16)11-6-5-10(7-12(11)15)18-8-13(17)19-14(2,3)4/h5-7H,8H2,1-4H3. The number of ether oxygens (including phenoxy) is 2. The number of ketones is 1. The van der Waals surface area contributed by atoms with Crippen molar-refractivity contribution in [2.75, 3.05) is 6.61 Å². The van der Waals surface area contributed by atoms with E-state index in [0.717, 1.165) is 6.07 Å². The topological polar surface area (TPSA) is 52.6 Å². The highest BCUT2D eigenvalue weighted by Gasteiger charge is 2.17. The lowest BCUT2D eigenvalue weighted by atomic mass is 10.1. The van der Waals surface area contributed by atoms with Crippen LogP contribution in [0.25, 0.3) is 0 Å². The van der Waals surface area contributed by atoms with Gasteiger partial charge in [-0.1, -0.05) is 0 Å². The lowest BCUT2D eigenvalue weighted by Gasteiger charge is -2.19. The average Bonchev–Trinajstić information content (AvgIpc) is 2.23. The molecule has 0 aliphatic heterocycles. The first kappa shape index (κ1) is 15.1. The molecule has 1 rings (SSSR count). The van der Waals surface area contributed by atoms with Gasteiger partial charge in [0.15, 0.2) is 12.4 Å². The quantitative estimate of drug-likeness (QED) is 0.622. The molecular formula is C14H17FO4. The second kappa shape index (κ2) is 5.82. The second-order valence-electron chi connectivity index (χ2n) is 5.07. The zero-order valence-electron chi connectivity index (χ0n) is 11.5. The number of carbonyl (C=O) groups excluding carboxylic acids is 2. The molecular weight excluding hydrogens is 251 g/mol. The summed E-state index contributed by atoms with van der Waals surface area (Å²) in [5.74, 6) is -1.40. The maximum absolute atomic E-state index is 13.5. The Balaban J connectivity index is 2.62. The van der Waals surface area contributed by atoms with E-state index in [4.69, 9.17) is 9.47 Å². The molecule has 0 saturated carbocycles. The molecule has 19 heavy (non-hydrogen) atoms. The summed E-state index contributed by atoms with van der Waals surface area (Å²) in [4.78, 5) is 22.4. The van der Waals surface area contributed by atoms with Gasteiger partial charge in [-0.05, 0) is 39.8 Å². The van der Waals surface area contributed by atoms with Gasteiger partial charge in [0.05, 0.1) is 5.56 Å². The SMILES string of the molecule is CC(=O)c1ccc(OCC(=O)OC(C)(C)C)cc1F. The van der Waals surface area contributed by atoms with Crippen molar-refractivity contribution in [2.24, 2.45) is 0 Å². The number of hydrogen-bond acceptors (Lipinski definition) is 4. The summed E-state index contributed by atoms with van der Waals surface area (Å²) in [6.07, 6.45) is 0. The molecule has 1 aromatic rings. The Hall–Kier alpha value is -1.91. The third kappa shape index (κ3) is 5.07. The summed E-state index contributed by atoms with van der Waals surface area (Å²) >= 11 is 0. The fraction of sp³-hybridized carbons (Fsp3) is 0.429. The fourth-order valence-corrected chi connectivity index (χ4v) is 1.38. The maximum atomic E-state index is 13.5. The molecule has 104 valence electrons. The van der Waals surface area contributed by atoms with E-state index in [1.165, 1.54) is 19.1 Å². The Morgan fingerprint density at radius 2 is 1.89 bits per heavy atom. The number of rotatable bonds is 4. The van der Waals surface area contributed by atoms with Crippen molar-refractivity contribution in [3.8, 4) is 5.75 Å². The van der Waals surface area contributed by atoms with Crippen molar-refractivity contribution in [1.29, 1.82) is 0 Å². The van der Waals surface area contributed by atoms with Crippen molar-refractivity contribution in [3.63, 3.8) is 0 Å². The van der Waals surface area contributed by atoms with Crippen molar-refractivity contribution in [3.05, 3.63) is 29.6 Å². The summed E-state index contributed by atoms with van der Waals surface area (Å²) in [6.45, 7) is 6.19. The van der Waals surface area contributed by atoms with E-state index in [1.807, 2.05) is 0 Å². The van der Waals surface area contributed by atoms with Gasteiger partial charge in [0.25, 0.3) is 0 Å². The van der Waals surface area contributed by atoms with Gasteiger partial charge in [0.2, 0.25) is 0 Å². The Morgan fingerprint density at radius 1 is 1.26 bits per heavy atom. The Labute approximate surface area is 111 Å². The van der Waals surface area contributed by atoms with E-state index in [1.54, 1.807) is 20.8 Å². The van der Waals surface area contributed by atoms with Crippen LogP contribution in [0.5, 0.6) is 5.75 Å². The number of halogens is 1. The summed E-state index contributed by atoms with van der Waals surface area (Å²) in [6, 6.07) is 3.83. The fourth-order valence-electron chi connectivity index (χ4n) is 1.38. The molecule has 0 amide bonds. The minimum atomic E-state index is -0.672. The van der Waals surface area contributed by atoms with E-state index >= 15 is 0 Å². The lowest BCUT2D eigenvalue weighted by molar-refractivity contribution is -0.157. The van der Waals surface area contributed by atoms with Crippen LogP contribution in [0, 0.1) is 5.82 Å². The van der Waals surface area contributed by atoms with Crippen molar-refractivity contribution >= 4 is 11.8 Å². The molecule has 0 bridgehead atoms. The molecule has 0 N–H and O–H groups in total. The van der Waals surface area contributed by atoms with Gasteiger partial charge < -0.3 is 9.47 Å². The molecule has 0 unspecified atom stereocenters. The van der Waals surface area contributed by atoms with Crippen molar-refractivity contribution < 1.29 is 23.5 Å². The van der Waals surface area contributed by atoms with Crippen LogP contribution in [-0.4, -0.2) is 24.0 Å². The molecule has 0 radical (unpaired) electrons. The van der Waals surface area contributed by atoms with E-state index < -0.39 is 17.4 Å². The van der Waals surface area contributed by atoms with Gasteiger partial charge in [0, 0.05) is 6.07 Å². The van der Waals surface area contributed by atoms with Crippen LogP contribution < -0.4 is 4.74 Å². The first-order valence-corrected chi connectivity index (χ1v) is 5.84. The predicted molar refractivity (Wildman–Crippen MR) is 67.7 cm³/mol. The Morgan fingerprint density at radius 3 is 2.37 bits per heavy atom. The van der Waals surface area contributed by atoms with Gasteiger partial charge >= 0.3 is 5.97 Å². The molecule has 0 aliphatic carbocycles. The van der Waals surface area contributed by atoms with Crippen LogP contribution in [0.3, 0.4) is 0 Å². The molecule has 5 heteroatoms. The van der Waals surface area contributed by atoms with Gasteiger partial charge in [-0.15, -0.1) is 0 Å². The van der Waals surface area contributed by atoms with Gasteiger partial charge in [-0.25, -0.2) is 9.18 Å². The van der Waals surface area contributed by atoms with Crippen molar-refractivity contribution in [1.82, 2.24) is 0 Å². The lowest BCUT2D eigenvalue weighted by Crippen LogP contribution is -2.27. The molecule has 0 spiro atoms. The average molecular weight is 268 g/mol. The monoisotopic (exact) mass is 268 g/mol. The minimum absolute atomic E-state index is 0.00961. The van der Waals surface area contributed by atoms with Crippen LogP contribution in [0.4, 0.5) is 4.39 Å². The second-order valence-corrected chi connectivity index (χ2v) is 5.07. The van der Waals surface area contributed by atoms with Crippen LogP contribution in [-0.2, 0) is 9.53 Å². The zero-order chi connectivity index (χ0) is 14.6. The highest BCUT2D eigenvalue weighted by Crippen LogP contribution is 2.17. The van der Waals surface area contributed by atoms with Crippen LogP contribution in [0.1, 0.15) is 38.1 Å². The molecule has 1 aromatic carbocycles. The largest absolute Gasteiger partial charge is 0.482 e. The Kier molecular flexibility index (Phi) is 4.64. The first-order chi connectivity index (χ1) is 8.69. The third-order valence-corrected chi connectivity index (χ3v) is 2.10. The summed E-state index contributed by atoms with van der Waals surface area (Å²) in [5.41, 5.74) is -0.603. The molecule has 0 heterocycles. The maximum Gasteiger partial charge on any atom is 0.344 e. The van der Waals surface area contributed by atoms with Crippen LogP contribution in [0.15, 0.2) is 18.2 Å². The Bertz CT molecular complexity index is 489. The van der Waals surface area contributed by atoms with Crippen molar-refractivity contribution in [2.45, 2.75) is 33.3 Å². The molecule has 0 aliphatic rings. The summed E-state index contributed by atoms with van der Waals surface area (Å²) < 4.78 is 23.6. The molecule has 0 atom stereocenters. The number of hydrogen-bond donors (Lipinski definition) is 0.